The molecular weight excluding hydrogens is 388 g/mol. The molecule has 1 unspecified atom stereocenters. The molecule has 29 heavy (non-hydrogen) atoms. The van der Waals surface area contributed by atoms with Crippen molar-refractivity contribution in [2.24, 2.45) is 5.92 Å². The summed E-state index contributed by atoms with van der Waals surface area (Å²) in [4.78, 5) is 23.8. The van der Waals surface area contributed by atoms with Gasteiger partial charge in [0.2, 0.25) is 11.1 Å². The molecular formula is C20H32N6O2S. The van der Waals surface area contributed by atoms with Gasteiger partial charge in [-0.25, -0.2) is 9.50 Å². The van der Waals surface area contributed by atoms with Gasteiger partial charge in [-0.1, -0.05) is 25.6 Å². The van der Waals surface area contributed by atoms with E-state index < -0.39 is 0 Å². The number of thioether (sulfide) groups is 1. The van der Waals surface area contributed by atoms with Crippen molar-refractivity contribution in [3.05, 3.63) is 17.0 Å². The average Bonchev–Trinajstić information content (AvgIpc) is 3.09. The van der Waals surface area contributed by atoms with Gasteiger partial charge in [-0.2, -0.15) is 4.98 Å². The summed E-state index contributed by atoms with van der Waals surface area (Å²) in [5.74, 6) is 1.28. The second kappa shape index (κ2) is 9.86. The van der Waals surface area contributed by atoms with E-state index >= 15 is 0 Å². The normalized spacial score (nSPS) is 17.9. The van der Waals surface area contributed by atoms with Crippen molar-refractivity contribution in [3.8, 4) is 0 Å². The van der Waals surface area contributed by atoms with E-state index in [2.05, 4.69) is 39.1 Å². The second-order valence-electron chi connectivity index (χ2n) is 8.02. The summed E-state index contributed by atoms with van der Waals surface area (Å²) in [6, 6.07) is 0. The second-order valence-corrected chi connectivity index (χ2v) is 8.80. The van der Waals surface area contributed by atoms with Gasteiger partial charge in [0.05, 0.1) is 12.7 Å². The van der Waals surface area contributed by atoms with Crippen molar-refractivity contribution in [3.63, 3.8) is 0 Å². The number of nitrogens with one attached hydrogen (secondary N) is 1. The van der Waals surface area contributed by atoms with Crippen LogP contribution in [0.3, 0.4) is 0 Å². The van der Waals surface area contributed by atoms with E-state index in [0.717, 1.165) is 43.2 Å². The van der Waals surface area contributed by atoms with E-state index in [9.17, 15) is 4.79 Å². The number of carbonyl (C=O) groups is 1. The van der Waals surface area contributed by atoms with Gasteiger partial charge in [-0.3, -0.25) is 9.69 Å². The van der Waals surface area contributed by atoms with Crippen molar-refractivity contribution in [1.82, 2.24) is 29.8 Å². The molecule has 2 aromatic heterocycles. The molecule has 1 atom stereocenters. The SMILES string of the molecule is CSc1nc2nc(C)c(CCC(=O)NCC3CN(CC(C)C)CCO3)c(C)n2n1. The number of carbonyl (C=O) groups excluding carboxylic acids is 1. The Balaban J connectivity index is 1.53. The number of aromatic nitrogens is 4. The van der Waals surface area contributed by atoms with Gasteiger partial charge in [0.1, 0.15) is 0 Å². The first-order chi connectivity index (χ1) is 13.9. The van der Waals surface area contributed by atoms with Gasteiger partial charge in [-0.05, 0) is 38.0 Å². The van der Waals surface area contributed by atoms with E-state index in [-0.39, 0.29) is 12.0 Å². The molecule has 1 saturated heterocycles. The zero-order valence-electron chi connectivity index (χ0n) is 18.1. The van der Waals surface area contributed by atoms with Crippen LogP contribution in [0.5, 0.6) is 0 Å². The Morgan fingerprint density at radius 2 is 2.14 bits per heavy atom. The quantitative estimate of drug-likeness (QED) is 0.653. The molecule has 8 nitrogen and oxygen atoms in total. The number of amides is 1. The highest BCUT2D eigenvalue weighted by Crippen LogP contribution is 2.18. The Hall–Kier alpha value is -1.71. The summed E-state index contributed by atoms with van der Waals surface area (Å²) < 4.78 is 7.58. The number of aryl methyl sites for hydroxylation is 2. The lowest BCUT2D eigenvalue weighted by molar-refractivity contribution is -0.122. The Labute approximate surface area is 176 Å². The van der Waals surface area contributed by atoms with Crippen LogP contribution in [-0.4, -0.2) is 75.5 Å². The maximum absolute atomic E-state index is 12.4. The summed E-state index contributed by atoms with van der Waals surface area (Å²) >= 11 is 1.49. The summed E-state index contributed by atoms with van der Waals surface area (Å²) in [6.07, 6.45) is 3.06. The fraction of sp³-hybridized carbons (Fsp3) is 0.700. The maximum atomic E-state index is 12.4. The monoisotopic (exact) mass is 420 g/mol. The lowest BCUT2D eigenvalue weighted by Gasteiger charge is -2.33. The lowest BCUT2D eigenvalue weighted by atomic mass is 10.1. The van der Waals surface area contributed by atoms with Crippen LogP contribution in [0.25, 0.3) is 5.78 Å². The van der Waals surface area contributed by atoms with Gasteiger partial charge in [0, 0.05) is 44.0 Å². The lowest BCUT2D eigenvalue weighted by Crippen LogP contribution is -2.48. The average molecular weight is 421 g/mol. The van der Waals surface area contributed by atoms with Crippen LogP contribution >= 0.6 is 11.8 Å². The Morgan fingerprint density at radius 3 is 2.86 bits per heavy atom. The van der Waals surface area contributed by atoms with Gasteiger partial charge < -0.3 is 10.1 Å². The van der Waals surface area contributed by atoms with Crippen molar-refractivity contribution in [2.75, 3.05) is 39.0 Å². The highest BCUT2D eigenvalue weighted by atomic mass is 32.2. The number of hydrogen-bond acceptors (Lipinski definition) is 7. The highest BCUT2D eigenvalue weighted by molar-refractivity contribution is 7.98. The maximum Gasteiger partial charge on any atom is 0.253 e. The summed E-state index contributed by atoms with van der Waals surface area (Å²) in [5, 5.41) is 8.21. The van der Waals surface area contributed by atoms with Crippen molar-refractivity contribution < 1.29 is 9.53 Å². The summed E-state index contributed by atoms with van der Waals surface area (Å²) in [7, 11) is 0. The van der Waals surface area contributed by atoms with Gasteiger partial charge in [0.25, 0.3) is 5.78 Å². The molecule has 0 aromatic carbocycles. The first kappa shape index (κ1) is 22.0. The number of nitrogens with zero attached hydrogens (tertiary/aromatic N) is 5. The van der Waals surface area contributed by atoms with Gasteiger partial charge in [0.15, 0.2) is 0 Å². The molecule has 1 aliphatic heterocycles. The fourth-order valence-corrected chi connectivity index (χ4v) is 4.12. The number of morpholine rings is 1. The molecule has 0 saturated carbocycles. The zero-order valence-corrected chi connectivity index (χ0v) is 18.9. The third-order valence-electron chi connectivity index (χ3n) is 5.19. The number of hydrogen-bond donors (Lipinski definition) is 1. The first-order valence-corrected chi connectivity index (χ1v) is 11.5. The van der Waals surface area contributed by atoms with Crippen molar-refractivity contribution in [2.45, 2.75) is 51.8 Å². The molecule has 0 aliphatic carbocycles. The minimum atomic E-state index is 0.0388. The van der Waals surface area contributed by atoms with E-state index in [4.69, 9.17) is 4.74 Å². The molecule has 0 spiro atoms. The molecule has 9 heteroatoms. The largest absolute Gasteiger partial charge is 0.374 e. The number of fused-ring (bicyclic) bond motifs is 1. The standard InChI is InChI=1S/C20H32N6O2S/c1-13(2)11-25-8-9-28-16(12-25)10-21-18(27)7-6-17-14(3)22-19-23-20(29-5)24-26(19)15(17)4/h13,16H,6-12H2,1-5H3,(H,21,27). The number of ether oxygens (including phenoxy) is 1. The van der Waals surface area contributed by atoms with Crippen LogP contribution in [0, 0.1) is 19.8 Å². The molecule has 0 radical (unpaired) electrons. The van der Waals surface area contributed by atoms with Crippen molar-refractivity contribution >= 4 is 23.4 Å². The Bertz CT molecular complexity index is 853. The van der Waals surface area contributed by atoms with Crippen LogP contribution in [0.15, 0.2) is 5.16 Å². The molecule has 1 N–H and O–H groups in total. The molecule has 0 bridgehead atoms. The van der Waals surface area contributed by atoms with E-state index in [1.165, 1.54) is 11.8 Å². The van der Waals surface area contributed by atoms with Crippen LogP contribution in [0.1, 0.15) is 37.2 Å². The highest BCUT2D eigenvalue weighted by Gasteiger charge is 2.21. The topological polar surface area (TPSA) is 84.7 Å². The van der Waals surface area contributed by atoms with Crippen molar-refractivity contribution in [1.29, 1.82) is 0 Å². The van der Waals surface area contributed by atoms with Gasteiger partial charge >= 0.3 is 0 Å². The summed E-state index contributed by atoms with van der Waals surface area (Å²) in [5.41, 5.74) is 2.96. The first-order valence-electron chi connectivity index (χ1n) is 10.2. The third kappa shape index (κ3) is 5.67. The molecule has 3 rings (SSSR count). The molecule has 2 aromatic rings. The zero-order chi connectivity index (χ0) is 21.0. The molecule has 3 heterocycles. The van der Waals surface area contributed by atoms with E-state index in [1.807, 2.05) is 20.1 Å². The third-order valence-corrected chi connectivity index (χ3v) is 5.73. The van der Waals surface area contributed by atoms with Gasteiger partial charge in [-0.15, -0.1) is 5.10 Å². The van der Waals surface area contributed by atoms with Crippen LogP contribution in [0.4, 0.5) is 0 Å². The minimum Gasteiger partial charge on any atom is -0.374 e. The molecule has 1 amide bonds. The molecule has 160 valence electrons. The van der Waals surface area contributed by atoms with Crippen LogP contribution < -0.4 is 5.32 Å². The minimum absolute atomic E-state index is 0.0388. The predicted octanol–water partition coefficient (Wildman–Crippen LogP) is 1.87. The van der Waals surface area contributed by atoms with Crippen LogP contribution in [0.2, 0.25) is 0 Å². The van der Waals surface area contributed by atoms with E-state index in [1.54, 1.807) is 4.52 Å². The summed E-state index contributed by atoms with van der Waals surface area (Å²) in [6.45, 7) is 12.6. The molecule has 1 fully saturated rings. The molecule has 1 aliphatic rings. The van der Waals surface area contributed by atoms with E-state index in [0.29, 0.717) is 36.2 Å². The Morgan fingerprint density at radius 1 is 1.34 bits per heavy atom. The number of rotatable bonds is 8. The fourth-order valence-electron chi connectivity index (χ4n) is 3.78. The Kier molecular flexibility index (Phi) is 7.48. The predicted molar refractivity (Wildman–Crippen MR) is 114 cm³/mol. The van der Waals surface area contributed by atoms with Crippen LogP contribution in [-0.2, 0) is 16.0 Å². The smallest absolute Gasteiger partial charge is 0.253 e.